The maximum absolute atomic E-state index is 6.15. The fourth-order valence-electron chi connectivity index (χ4n) is 2.25. The van der Waals surface area contributed by atoms with Crippen LogP contribution in [0.15, 0.2) is 49.6 Å². The molecule has 0 aliphatic heterocycles. The highest BCUT2D eigenvalue weighted by molar-refractivity contribution is 5.71. The highest BCUT2D eigenvalue weighted by atomic mass is 16.5. The van der Waals surface area contributed by atoms with E-state index >= 15 is 0 Å². The van der Waals surface area contributed by atoms with Gasteiger partial charge in [0.05, 0.1) is 0 Å². The van der Waals surface area contributed by atoms with Crippen LogP contribution in [-0.4, -0.2) is 0 Å². The zero-order chi connectivity index (χ0) is 15.6. The van der Waals surface area contributed by atoms with Crippen molar-refractivity contribution < 1.29 is 4.74 Å². The Morgan fingerprint density at radius 3 is 1.48 bits per heavy atom. The smallest absolute Gasteiger partial charge is 0.134 e. The molecule has 0 heterocycles. The van der Waals surface area contributed by atoms with Gasteiger partial charge in [-0.3, -0.25) is 0 Å². The molecule has 0 fully saturated rings. The lowest BCUT2D eigenvalue weighted by molar-refractivity contribution is 0.479. The normalized spacial score (nSPS) is 10.3. The molecule has 0 radical (unpaired) electrons. The van der Waals surface area contributed by atoms with E-state index in [1.54, 1.807) is 0 Å². The van der Waals surface area contributed by atoms with Crippen molar-refractivity contribution in [2.45, 2.75) is 27.7 Å². The van der Waals surface area contributed by atoms with Crippen LogP contribution in [0.4, 0.5) is 0 Å². The molecule has 0 aromatic heterocycles. The Kier molecular flexibility index (Phi) is 4.32. The fraction of sp³-hybridized carbons (Fsp3) is 0.200. The Labute approximate surface area is 127 Å². The van der Waals surface area contributed by atoms with Gasteiger partial charge in [-0.1, -0.05) is 36.4 Å². The molecule has 21 heavy (non-hydrogen) atoms. The van der Waals surface area contributed by atoms with Gasteiger partial charge in [-0.15, -0.1) is 0 Å². The minimum Gasteiger partial charge on any atom is -0.456 e. The number of aryl methyl sites for hydroxylation is 2. The van der Waals surface area contributed by atoms with Crippen LogP contribution in [0, 0.1) is 13.8 Å². The zero-order valence-corrected chi connectivity index (χ0v) is 13.3. The van der Waals surface area contributed by atoms with Crippen LogP contribution in [-0.2, 0) is 0 Å². The molecule has 0 spiro atoms. The van der Waals surface area contributed by atoms with Gasteiger partial charge < -0.3 is 4.74 Å². The summed E-state index contributed by atoms with van der Waals surface area (Å²) in [5, 5.41) is 0. The predicted molar refractivity (Wildman–Crippen MR) is 91.8 cm³/mol. The fourth-order valence-corrected chi connectivity index (χ4v) is 2.25. The Bertz CT molecular complexity index is 646. The second-order valence-electron chi connectivity index (χ2n) is 5.66. The minimum atomic E-state index is 0.833. The van der Waals surface area contributed by atoms with Crippen molar-refractivity contribution in [2.75, 3.05) is 0 Å². The van der Waals surface area contributed by atoms with Crippen molar-refractivity contribution >= 4 is 11.1 Å². The number of hydrogen-bond acceptors (Lipinski definition) is 1. The standard InChI is InChI=1S/C20H22O/c1-13(2)17-11-15(5)7-9-19(17)21-20-10-8-16(6)12-18(20)14(3)4/h7-12H,1,3H2,2,4-6H3. The third-order valence-corrected chi connectivity index (χ3v) is 3.41. The summed E-state index contributed by atoms with van der Waals surface area (Å²) in [5.74, 6) is 1.67. The third kappa shape index (κ3) is 3.43. The number of rotatable bonds is 4. The molecule has 0 aliphatic carbocycles. The van der Waals surface area contributed by atoms with E-state index in [1.165, 1.54) is 11.1 Å². The zero-order valence-electron chi connectivity index (χ0n) is 13.3. The summed E-state index contributed by atoms with van der Waals surface area (Å²) in [7, 11) is 0. The lowest BCUT2D eigenvalue weighted by Gasteiger charge is -2.15. The van der Waals surface area contributed by atoms with Crippen molar-refractivity contribution in [3.8, 4) is 11.5 Å². The maximum atomic E-state index is 6.15. The van der Waals surface area contributed by atoms with E-state index in [9.17, 15) is 0 Å². The number of hydrogen-bond donors (Lipinski definition) is 0. The molecule has 0 unspecified atom stereocenters. The first kappa shape index (κ1) is 15.1. The van der Waals surface area contributed by atoms with Gasteiger partial charge in [0.25, 0.3) is 0 Å². The SMILES string of the molecule is C=C(C)c1cc(C)ccc1Oc1ccc(C)cc1C(=C)C. The number of benzene rings is 2. The molecule has 1 nitrogen and oxygen atoms in total. The molecule has 2 aromatic rings. The monoisotopic (exact) mass is 278 g/mol. The molecular formula is C20H22O. The molecule has 0 aliphatic rings. The van der Waals surface area contributed by atoms with Crippen molar-refractivity contribution in [3.05, 3.63) is 71.8 Å². The summed E-state index contributed by atoms with van der Waals surface area (Å²) < 4.78 is 6.15. The molecule has 0 bridgehead atoms. The maximum Gasteiger partial charge on any atom is 0.134 e. The van der Waals surface area contributed by atoms with E-state index in [2.05, 4.69) is 51.3 Å². The lowest BCUT2D eigenvalue weighted by atomic mass is 10.0. The van der Waals surface area contributed by atoms with Crippen LogP contribution >= 0.6 is 0 Å². The lowest BCUT2D eigenvalue weighted by Crippen LogP contribution is -1.94. The summed E-state index contributed by atoms with van der Waals surface area (Å²) in [4.78, 5) is 0. The van der Waals surface area contributed by atoms with Crippen LogP contribution < -0.4 is 4.74 Å². The molecule has 0 saturated heterocycles. The van der Waals surface area contributed by atoms with Crippen LogP contribution in [0.2, 0.25) is 0 Å². The second-order valence-corrected chi connectivity index (χ2v) is 5.66. The Morgan fingerprint density at radius 2 is 1.14 bits per heavy atom. The molecule has 108 valence electrons. The third-order valence-electron chi connectivity index (χ3n) is 3.41. The summed E-state index contributed by atoms with van der Waals surface area (Å²) in [6.45, 7) is 16.2. The highest BCUT2D eigenvalue weighted by Crippen LogP contribution is 2.34. The van der Waals surface area contributed by atoms with E-state index in [1.807, 2.05) is 26.0 Å². The van der Waals surface area contributed by atoms with E-state index in [4.69, 9.17) is 4.74 Å². The Balaban J connectivity index is 2.48. The van der Waals surface area contributed by atoms with Crippen LogP contribution in [0.1, 0.15) is 36.1 Å². The largest absolute Gasteiger partial charge is 0.456 e. The molecule has 0 saturated carbocycles. The number of ether oxygens (including phenoxy) is 1. The van der Waals surface area contributed by atoms with Gasteiger partial charge in [0, 0.05) is 11.1 Å². The van der Waals surface area contributed by atoms with Gasteiger partial charge in [0.2, 0.25) is 0 Å². The molecular weight excluding hydrogens is 256 g/mol. The summed E-state index contributed by atoms with van der Waals surface area (Å²) in [6, 6.07) is 12.3. The Hall–Kier alpha value is -2.28. The molecule has 0 amide bonds. The minimum absolute atomic E-state index is 0.833. The number of allylic oxidation sites excluding steroid dienone is 2. The van der Waals surface area contributed by atoms with Crippen LogP contribution in [0.5, 0.6) is 11.5 Å². The first-order valence-electron chi connectivity index (χ1n) is 7.09. The van der Waals surface area contributed by atoms with Gasteiger partial charge >= 0.3 is 0 Å². The quantitative estimate of drug-likeness (QED) is 0.650. The van der Waals surface area contributed by atoms with E-state index in [0.717, 1.165) is 33.8 Å². The van der Waals surface area contributed by atoms with Gasteiger partial charge in [-0.2, -0.15) is 0 Å². The van der Waals surface area contributed by atoms with Gasteiger partial charge in [0.15, 0.2) is 0 Å². The topological polar surface area (TPSA) is 9.23 Å². The van der Waals surface area contributed by atoms with Crippen LogP contribution in [0.3, 0.4) is 0 Å². The molecule has 1 heteroatoms. The van der Waals surface area contributed by atoms with E-state index in [0.29, 0.717) is 0 Å². The highest BCUT2D eigenvalue weighted by Gasteiger charge is 2.10. The van der Waals surface area contributed by atoms with Crippen molar-refractivity contribution in [3.63, 3.8) is 0 Å². The Morgan fingerprint density at radius 1 is 0.762 bits per heavy atom. The van der Waals surface area contributed by atoms with Crippen molar-refractivity contribution in [1.29, 1.82) is 0 Å². The van der Waals surface area contributed by atoms with Crippen molar-refractivity contribution in [2.24, 2.45) is 0 Å². The average molecular weight is 278 g/mol. The van der Waals surface area contributed by atoms with Gasteiger partial charge in [-0.25, -0.2) is 0 Å². The molecule has 2 rings (SSSR count). The van der Waals surface area contributed by atoms with Gasteiger partial charge in [0.1, 0.15) is 11.5 Å². The first-order chi connectivity index (χ1) is 9.88. The summed E-state index contributed by atoms with van der Waals surface area (Å²) in [5.41, 5.74) is 6.48. The van der Waals surface area contributed by atoms with E-state index < -0.39 is 0 Å². The average Bonchev–Trinajstić information content (AvgIpc) is 2.42. The van der Waals surface area contributed by atoms with Gasteiger partial charge in [-0.05, 0) is 63.1 Å². The van der Waals surface area contributed by atoms with E-state index in [-0.39, 0.29) is 0 Å². The summed E-state index contributed by atoms with van der Waals surface area (Å²) in [6.07, 6.45) is 0. The molecule has 2 aromatic carbocycles. The molecule has 0 atom stereocenters. The molecule has 0 N–H and O–H groups in total. The van der Waals surface area contributed by atoms with Crippen LogP contribution in [0.25, 0.3) is 11.1 Å². The second kappa shape index (κ2) is 6.01. The summed E-state index contributed by atoms with van der Waals surface area (Å²) >= 11 is 0. The predicted octanol–water partition coefficient (Wildman–Crippen LogP) is 6.16. The van der Waals surface area contributed by atoms with Crippen molar-refractivity contribution in [1.82, 2.24) is 0 Å². The first-order valence-corrected chi connectivity index (χ1v) is 7.09.